The molecule has 0 aliphatic heterocycles. The second kappa shape index (κ2) is 7.91. The Balaban J connectivity index is 2.64. The summed E-state index contributed by atoms with van der Waals surface area (Å²) in [5.41, 5.74) is 0.559. The van der Waals surface area contributed by atoms with Gasteiger partial charge >= 0.3 is 6.09 Å². The first-order valence-corrected chi connectivity index (χ1v) is 7.06. The van der Waals surface area contributed by atoms with Crippen LogP contribution in [-0.2, 0) is 4.74 Å². The van der Waals surface area contributed by atoms with Crippen LogP contribution in [0.5, 0.6) is 0 Å². The molecule has 1 rings (SSSR count). The van der Waals surface area contributed by atoms with Crippen LogP contribution in [0.2, 0.25) is 5.02 Å². The lowest BCUT2D eigenvalue weighted by Crippen LogP contribution is -2.34. The molecule has 0 unspecified atom stereocenters. The number of thioether (sulfide) groups is 1. The zero-order valence-corrected chi connectivity index (χ0v) is 12.3. The van der Waals surface area contributed by atoms with Crippen LogP contribution < -0.4 is 10.6 Å². The Morgan fingerprint density at radius 1 is 1.53 bits per heavy atom. The highest BCUT2D eigenvalue weighted by molar-refractivity contribution is 7.99. The fourth-order valence-corrected chi connectivity index (χ4v) is 2.32. The van der Waals surface area contributed by atoms with Crippen LogP contribution in [0.1, 0.15) is 13.3 Å². The number of amides is 1. The first kappa shape index (κ1) is 15.7. The third-order valence-corrected chi connectivity index (χ3v) is 3.60. The van der Waals surface area contributed by atoms with E-state index in [-0.39, 0.29) is 5.96 Å². The van der Waals surface area contributed by atoms with Crippen molar-refractivity contribution in [1.29, 1.82) is 5.41 Å². The average Bonchev–Trinajstić information content (AvgIpc) is 2.39. The summed E-state index contributed by atoms with van der Waals surface area (Å²) >= 11 is 7.83. The molecule has 104 valence electrons. The molecule has 0 aromatic heterocycles. The average molecular weight is 302 g/mol. The SMILES string of the molecule is CCCSc1ccc(NC(=N)NC(=O)OC)c(Cl)c1. The molecule has 0 spiro atoms. The van der Waals surface area contributed by atoms with Crippen LogP contribution in [-0.4, -0.2) is 24.9 Å². The third-order valence-electron chi connectivity index (χ3n) is 2.09. The number of alkyl carbamates (subject to hydrolysis) is 1. The minimum atomic E-state index is -0.705. The number of rotatable bonds is 4. The zero-order valence-electron chi connectivity index (χ0n) is 10.7. The molecule has 0 saturated carbocycles. The molecular weight excluding hydrogens is 286 g/mol. The van der Waals surface area contributed by atoms with Crippen molar-refractivity contribution in [3.8, 4) is 0 Å². The first-order chi connectivity index (χ1) is 9.06. The van der Waals surface area contributed by atoms with Crippen LogP contribution >= 0.6 is 23.4 Å². The van der Waals surface area contributed by atoms with Crippen molar-refractivity contribution < 1.29 is 9.53 Å². The predicted octanol–water partition coefficient (Wildman–Crippen LogP) is 3.54. The molecule has 0 heterocycles. The Labute approximate surface area is 121 Å². The maximum Gasteiger partial charge on any atom is 0.413 e. The molecule has 5 nitrogen and oxygen atoms in total. The van der Waals surface area contributed by atoms with Crippen molar-refractivity contribution >= 4 is 41.1 Å². The maximum absolute atomic E-state index is 10.9. The molecule has 0 aliphatic carbocycles. The Hall–Kier alpha value is -1.40. The maximum atomic E-state index is 10.9. The molecule has 3 N–H and O–H groups in total. The summed E-state index contributed by atoms with van der Waals surface area (Å²) in [6.45, 7) is 2.12. The molecule has 0 aliphatic rings. The van der Waals surface area contributed by atoms with E-state index in [0.29, 0.717) is 10.7 Å². The van der Waals surface area contributed by atoms with Crippen LogP contribution in [0.3, 0.4) is 0 Å². The summed E-state index contributed by atoms with van der Waals surface area (Å²) in [6, 6.07) is 5.52. The van der Waals surface area contributed by atoms with Gasteiger partial charge in [0.05, 0.1) is 17.8 Å². The number of hydrogen-bond acceptors (Lipinski definition) is 4. The van der Waals surface area contributed by atoms with Gasteiger partial charge in [0.1, 0.15) is 0 Å². The van der Waals surface area contributed by atoms with Crippen molar-refractivity contribution in [2.75, 3.05) is 18.2 Å². The van der Waals surface area contributed by atoms with Crippen LogP contribution in [0.15, 0.2) is 23.1 Å². The Morgan fingerprint density at radius 2 is 2.26 bits per heavy atom. The van der Waals surface area contributed by atoms with Gasteiger partial charge in [0.25, 0.3) is 0 Å². The normalized spacial score (nSPS) is 9.84. The summed E-state index contributed by atoms with van der Waals surface area (Å²) in [7, 11) is 1.23. The molecule has 19 heavy (non-hydrogen) atoms. The Bertz CT molecular complexity index is 468. The molecular formula is C12H16ClN3O2S. The predicted molar refractivity (Wildman–Crippen MR) is 79.4 cm³/mol. The Kier molecular flexibility index (Phi) is 6.52. The highest BCUT2D eigenvalue weighted by Crippen LogP contribution is 2.28. The van der Waals surface area contributed by atoms with Crippen molar-refractivity contribution in [2.45, 2.75) is 18.2 Å². The minimum Gasteiger partial charge on any atom is -0.453 e. The number of benzene rings is 1. The summed E-state index contributed by atoms with van der Waals surface area (Å²) in [4.78, 5) is 12.0. The van der Waals surface area contributed by atoms with E-state index in [2.05, 4.69) is 22.3 Å². The summed E-state index contributed by atoms with van der Waals surface area (Å²) in [5, 5.41) is 12.9. The number of carbonyl (C=O) groups excluding carboxylic acids is 1. The highest BCUT2D eigenvalue weighted by Gasteiger charge is 2.07. The monoisotopic (exact) mass is 301 g/mol. The van der Waals surface area contributed by atoms with E-state index in [4.69, 9.17) is 17.0 Å². The zero-order chi connectivity index (χ0) is 14.3. The second-order valence-corrected chi connectivity index (χ2v) is 5.18. The van der Waals surface area contributed by atoms with E-state index in [1.807, 2.05) is 12.1 Å². The van der Waals surface area contributed by atoms with Gasteiger partial charge in [-0.15, -0.1) is 11.8 Å². The lowest BCUT2D eigenvalue weighted by atomic mass is 10.3. The number of anilines is 1. The van der Waals surface area contributed by atoms with Crippen molar-refractivity contribution in [3.63, 3.8) is 0 Å². The molecule has 0 atom stereocenters. The van der Waals surface area contributed by atoms with E-state index in [1.165, 1.54) is 7.11 Å². The van der Waals surface area contributed by atoms with Gasteiger partial charge in [-0.05, 0) is 30.4 Å². The van der Waals surface area contributed by atoms with E-state index in [1.54, 1.807) is 17.8 Å². The van der Waals surface area contributed by atoms with Gasteiger partial charge in [-0.1, -0.05) is 18.5 Å². The fourth-order valence-electron chi connectivity index (χ4n) is 1.23. The standard InChI is InChI=1S/C12H16ClN3O2S/c1-3-6-19-8-4-5-10(9(13)7-8)15-11(14)16-12(17)18-2/h4-5,7H,3,6H2,1-2H3,(H3,14,15,16,17). The number of halogens is 1. The Morgan fingerprint density at radius 3 is 2.84 bits per heavy atom. The van der Waals surface area contributed by atoms with Crippen molar-refractivity contribution in [1.82, 2.24) is 5.32 Å². The largest absolute Gasteiger partial charge is 0.453 e. The molecule has 7 heteroatoms. The summed E-state index contributed by atoms with van der Waals surface area (Å²) in [6.07, 6.45) is 0.388. The van der Waals surface area contributed by atoms with Crippen molar-refractivity contribution in [3.05, 3.63) is 23.2 Å². The van der Waals surface area contributed by atoms with Gasteiger partial charge in [0.2, 0.25) is 5.96 Å². The number of ether oxygens (including phenoxy) is 1. The fraction of sp³-hybridized carbons (Fsp3) is 0.333. The van der Waals surface area contributed by atoms with Crippen molar-refractivity contribution in [2.24, 2.45) is 0 Å². The molecule has 1 aromatic rings. The van der Waals surface area contributed by atoms with Gasteiger partial charge in [0, 0.05) is 4.90 Å². The van der Waals surface area contributed by atoms with Gasteiger partial charge in [0.15, 0.2) is 0 Å². The number of carbonyl (C=O) groups is 1. The molecule has 0 bridgehead atoms. The highest BCUT2D eigenvalue weighted by atomic mass is 35.5. The first-order valence-electron chi connectivity index (χ1n) is 5.69. The van der Waals surface area contributed by atoms with E-state index in [9.17, 15) is 4.79 Å². The van der Waals surface area contributed by atoms with E-state index >= 15 is 0 Å². The minimum absolute atomic E-state index is 0.192. The van der Waals surface area contributed by atoms with Gasteiger partial charge in [-0.3, -0.25) is 10.7 Å². The molecule has 0 saturated heterocycles. The molecule has 0 radical (unpaired) electrons. The quantitative estimate of drug-likeness (QED) is 0.452. The smallest absolute Gasteiger partial charge is 0.413 e. The lowest BCUT2D eigenvalue weighted by molar-refractivity contribution is 0.176. The number of guanidine groups is 1. The molecule has 0 fully saturated rings. The van der Waals surface area contributed by atoms with Gasteiger partial charge in [-0.25, -0.2) is 4.79 Å². The summed E-state index contributed by atoms with van der Waals surface area (Å²) < 4.78 is 4.39. The summed E-state index contributed by atoms with van der Waals surface area (Å²) in [5.74, 6) is 0.839. The van der Waals surface area contributed by atoms with E-state index in [0.717, 1.165) is 17.1 Å². The lowest BCUT2D eigenvalue weighted by Gasteiger charge is -2.11. The van der Waals surface area contributed by atoms with Crippen LogP contribution in [0, 0.1) is 5.41 Å². The topological polar surface area (TPSA) is 74.2 Å². The molecule has 1 amide bonds. The number of hydrogen-bond donors (Lipinski definition) is 3. The van der Waals surface area contributed by atoms with Crippen LogP contribution in [0.4, 0.5) is 10.5 Å². The van der Waals surface area contributed by atoms with Crippen LogP contribution in [0.25, 0.3) is 0 Å². The van der Waals surface area contributed by atoms with Gasteiger partial charge in [-0.2, -0.15) is 0 Å². The van der Waals surface area contributed by atoms with E-state index < -0.39 is 6.09 Å². The second-order valence-electron chi connectivity index (χ2n) is 3.61. The third kappa shape index (κ3) is 5.40. The number of nitrogens with one attached hydrogen (secondary N) is 3. The molecule has 1 aromatic carbocycles. The number of methoxy groups -OCH3 is 1. The van der Waals surface area contributed by atoms with Gasteiger partial charge < -0.3 is 10.1 Å².